The maximum atomic E-state index is 12.7. The minimum Gasteiger partial charge on any atom is -0.338 e. The van der Waals surface area contributed by atoms with Gasteiger partial charge in [-0.25, -0.2) is 23.5 Å². The van der Waals surface area contributed by atoms with Crippen molar-refractivity contribution < 1.29 is 13.6 Å². The quantitative estimate of drug-likeness (QED) is 0.381. The molecule has 0 saturated carbocycles. The Kier molecular flexibility index (Phi) is 6.94. The Bertz CT molecular complexity index is 1480. The average molecular weight is 522 g/mol. The fourth-order valence-electron chi connectivity index (χ4n) is 4.11. The van der Waals surface area contributed by atoms with Crippen LogP contribution in [-0.2, 0) is 14.8 Å². The van der Waals surface area contributed by atoms with Crippen LogP contribution in [0.1, 0.15) is 24.0 Å². The van der Waals surface area contributed by atoms with Crippen LogP contribution in [0, 0.1) is 13.8 Å². The van der Waals surface area contributed by atoms with E-state index in [1.165, 1.54) is 22.9 Å². The van der Waals surface area contributed by atoms with Gasteiger partial charge in [-0.15, -0.1) is 0 Å². The first-order chi connectivity index (χ1) is 17.3. The van der Waals surface area contributed by atoms with Crippen LogP contribution in [0.2, 0.25) is 0 Å². The van der Waals surface area contributed by atoms with E-state index in [1.54, 1.807) is 34.8 Å². The van der Waals surface area contributed by atoms with Gasteiger partial charge in [0.2, 0.25) is 0 Å². The zero-order chi connectivity index (χ0) is 25.3. The summed E-state index contributed by atoms with van der Waals surface area (Å²) in [4.78, 5) is 29.3. The standard InChI is InChI=1S/C26H27N5O3S2/c1-17-13-22-23(14-18(17)2)30-26(29-22)19-5-10-25(27-15-19)35-16-24(32)28-20-6-8-21(9-7-20)36(33,34)31-11-3-4-12-31/h5-10,13-15H,3-4,11-12,16H2,1-2H3,(H,29,30)(H,33,34). The number of rotatable bonds is 5. The maximum Gasteiger partial charge on any atom is 0.256 e. The Morgan fingerprint density at radius 1 is 1.14 bits per heavy atom. The highest BCUT2D eigenvalue weighted by Gasteiger charge is 2.23. The van der Waals surface area contributed by atoms with Gasteiger partial charge in [0.1, 0.15) is 5.82 Å². The molecule has 3 aromatic rings. The van der Waals surface area contributed by atoms with E-state index in [0.717, 1.165) is 35.3 Å². The second-order valence-corrected chi connectivity index (χ2v) is 11.8. The van der Waals surface area contributed by atoms with Crippen molar-refractivity contribution in [2.75, 3.05) is 18.8 Å². The van der Waals surface area contributed by atoms with Crippen molar-refractivity contribution in [3.63, 3.8) is 0 Å². The molecular formula is C26H27N5O3S2. The second kappa shape index (κ2) is 10.1. The molecule has 36 heavy (non-hydrogen) atoms. The predicted molar refractivity (Wildman–Crippen MR) is 147 cm³/mol. The fraction of sp³-hybridized carbons (Fsp3) is 0.269. The number of hydrogen-bond donors (Lipinski definition) is 2. The number of imidazole rings is 1. The molecule has 1 aliphatic heterocycles. The molecule has 0 radical (unpaired) electrons. The summed E-state index contributed by atoms with van der Waals surface area (Å²) in [5.41, 5.74) is 5.65. The molecule has 1 saturated heterocycles. The van der Waals surface area contributed by atoms with Crippen molar-refractivity contribution >= 4 is 49.3 Å². The van der Waals surface area contributed by atoms with E-state index < -0.39 is 9.99 Å². The van der Waals surface area contributed by atoms with Crippen LogP contribution in [0.15, 0.2) is 64.8 Å². The Morgan fingerprint density at radius 3 is 2.56 bits per heavy atom. The molecule has 1 fully saturated rings. The smallest absolute Gasteiger partial charge is 0.256 e. The number of H-pyrrole nitrogens is 1. The topological polar surface area (TPSA) is 112 Å². The Morgan fingerprint density at radius 2 is 1.86 bits per heavy atom. The van der Waals surface area contributed by atoms with Crippen molar-refractivity contribution in [3.8, 4) is 11.4 Å². The molecule has 2 aromatic heterocycles. The highest BCUT2D eigenvalue weighted by Crippen LogP contribution is 2.24. The van der Waals surface area contributed by atoms with E-state index in [-0.39, 0.29) is 11.7 Å². The molecular weight excluding hydrogens is 494 g/mol. The number of carbonyl (C=O) groups is 1. The first-order valence-corrected chi connectivity index (χ1v) is 14.2. The molecule has 5 rings (SSSR count). The fourth-order valence-corrected chi connectivity index (χ4v) is 6.28. The molecule has 186 valence electrons. The van der Waals surface area contributed by atoms with Gasteiger partial charge in [-0.05, 0) is 86.4 Å². The average Bonchev–Trinajstić information content (AvgIpc) is 3.55. The third-order valence-corrected chi connectivity index (χ3v) is 9.14. The summed E-state index contributed by atoms with van der Waals surface area (Å²) >= 11 is 1.31. The lowest BCUT2D eigenvalue weighted by Crippen LogP contribution is -2.32. The summed E-state index contributed by atoms with van der Waals surface area (Å²) in [6.07, 6.45) is 9.94. The van der Waals surface area contributed by atoms with Crippen LogP contribution < -0.4 is 0 Å². The molecule has 1 aromatic carbocycles. The Labute approximate surface area is 214 Å². The molecule has 1 atom stereocenters. The van der Waals surface area contributed by atoms with Crippen molar-refractivity contribution in [3.05, 3.63) is 65.9 Å². The van der Waals surface area contributed by atoms with E-state index >= 15 is 0 Å². The summed E-state index contributed by atoms with van der Waals surface area (Å²) in [6, 6.07) is 7.96. The highest BCUT2D eigenvalue weighted by atomic mass is 32.2. The van der Waals surface area contributed by atoms with Gasteiger partial charge in [0.25, 0.3) is 5.91 Å². The zero-order valence-corrected chi connectivity index (χ0v) is 21.7. The molecule has 1 aliphatic carbocycles. The van der Waals surface area contributed by atoms with Gasteiger partial charge in [0, 0.05) is 24.8 Å². The van der Waals surface area contributed by atoms with Crippen LogP contribution in [0.3, 0.4) is 0 Å². The van der Waals surface area contributed by atoms with Gasteiger partial charge in [-0.1, -0.05) is 11.8 Å². The molecule has 10 heteroatoms. The highest BCUT2D eigenvalue weighted by molar-refractivity contribution is 7.99. The number of nitrogens with one attached hydrogen (secondary N) is 1. The number of aromatic nitrogens is 3. The number of pyridine rings is 1. The van der Waals surface area contributed by atoms with Crippen LogP contribution >= 0.6 is 11.8 Å². The summed E-state index contributed by atoms with van der Waals surface area (Å²) in [5.74, 6) is 0.595. The summed E-state index contributed by atoms with van der Waals surface area (Å²) in [5, 5.41) is 0.714. The normalized spacial score (nSPS) is 17.6. The number of hydrogen-bond acceptors (Lipinski definition) is 5. The molecule has 1 unspecified atom stereocenters. The lowest BCUT2D eigenvalue weighted by atomic mass is 10.1. The number of fused-ring (bicyclic) bond motifs is 1. The number of carbonyl (C=O) groups excluding carboxylic acids is 1. The van der Waals surface area contributed by atoms with Gasteiger partial charge in [0.15, 0.2) is 9.99 Å². The van der Waals surface area contributed by atoms with Crippen molar-refractivity contribution in [1.29, 1.82) is 0 Å². The summed E-state index contributed by atoms with van der Waals surface area (Å²) in [7, 11) is -3.23. The monoisotopic (exact) mass is 521 g/mol. The van der Waals surface area contributed by atoms with Crippen molar-refractivity contribution in [1.82, 2.24) is 19.3 Å². The van der Waals surface area contributed by atoms with Gasteiger partial charge in [-0.3, -0.25) is 4.79 Å². The summed E-state index contributed by atoms with van der Waals surface area (Å²) < 4.78 is 24.8. The number of aromatic amines is 1. The molecule has 1 amide bonds. The lowest BCUT2D eigenvalue weighted by Gasteiger charge is -2.19. The number of aliphatic imine (C=N–C) groups is 1. The van der Waals surface area contributed by atoms with E-state index in [9.17, 15) is 13.6 Å². The summed E-state index contributed by atoms with van der Waals surface area (Å²) in [6.45, 7) is 5.38. The molecule has 0 bridgehead atoms. The van der Waals surface area contributed by atoms with E-state index in [1.807, 2.05) is 12.1 Å². The van der Waals surface area contributed by atoms with E-state index in [0.29, 0.717) is 28.7 Å². The van der Waals surface area contributed by atoms with Crippen LogP contribution in [-0.4, -0.2) is 63.3 Å². The lowest BCUT2D eigenvalue weighted by molar-refractivity contribution is -0.115. The molecule has 2 N–H and O–H groups in total. The third-order valence-electron chi connectivity index (χ3n) is 6.26. The van der Waals surface area contributed by atoms with Crippen LogP contribution in [0.5, 0.6) is 0 Å². The van der Waals surface area contributed by atoms with Gasteiger partial charge < -0.3 is 9.54 Å². The van der Waals surface area contributed by atoms with Gasteiger partial charge in [-0.2, -0.15) is 0 Å². The molecule has 3 heterocycles. The van der Waals surface area contributed by atoms with Crippen LogP contribution in [0.4, 0.5) is 0 Å². The van der Waals surface area contributed by atoms with Crippen molar-refractivity contribution in [2.24, 2.45) is 4.99 Å². The largest absolute Gasteiger partial charge is 0.338 e. The number of amides is 1. The van der Waals surface area contributed by atoms with Crippen molar-refractivity contribution in [2.45, 2.75) is 31.7 Å². The Hall–Kier alpha value is -3.05. The minimum absolute atomic E-state index is 0.141. The zero-order valence-electron chi connectivity index (χ0n) is 20.1. The molecule has 2 aliphatic rings. The SMILES string of the molecule is Cc1cc2nc(-c3ccc(SCC(=O)N=C4C=CC(=S(=O)(O)N5CCCC5)C=C4)nc3)[nH]c2cc1C. The molecule has 8 nitrogen and oxygen atoms in total. The van der Waals surface area contributed by atoms with E-state index in [4.69, 9.17) is 0 Å². The maximum absolute atomic E-state index is 12.7. The number of allylic oxidation sites excluding steroid dienone is 4. The number of aryl methyl sites for hydroxylation is 2. The van der Waals surface area contributed by atoms with E-state index in [2.05, 4.69) is 45.9 Å². The van der Waals surface area contributed by atoms with Gasteiger partial charge >= 0.3 is 0 Å². The number of benzene rings is 1. The van der Waals surface area contributed by atoms with Crippen LogP contribution in [0.25, 0.3) is 22.4 Å². The minimum atomic E-state index is -3.23. The first-order valence-electron chi connectivity index (χ1n) is 11.7. The molecule has 0 spiro atoms. The third kappa shape index (κ3) is 5.22. The first kappa shape index (κ1) is 24.6. The number of thioether (sulfide) groups is 1. The predicted octanol–water partition coefficient (Wildman–Crippen LogP) is 4.37. The second-order valence-electron chi connectivity index (χ2n) is 8.85. The number of nitrogens with zero attached hydrogens (tertiary/aromatic N) is 4. The van der Waals surface area contributed by atoms with Gasteiger partial charge in [0.05, 0.1) is 32.4 Å². The Balaban J connectivity index is 1.20.